The zero-order chi connectivity index (χ0) is 22.5. The van der Waals surface area contributed by atoms with E-state index in [9.17, 15) is 14.7 Å². The van der Waals surface area contributed by atoms with Crippen molar-refractivity contribution < 1.29 is 24.1 Å². The van der Waals surface area contributed by atoms with E-state index in [4.69, 9.17) is 14.2 Å². The highest BCUT2D eigenvalue weighted by atomic mass is 16.5. The number of hydrogen-bond donors (Lipinski definition) is 1. The third-order valence-electron chi connectivity index (χ3n) is 7.55. The van der Waals surface area contributed by atoms with Crippen molar-refractivity contribution in [2.24, 2.45) is 5.41 Å². The molecule has 32 heavy (non-hydrogen) atoms. The molecule has 3 aliphatic rings. The summed E-state index contributed by atoms with van der Waals surface area (Å²) < 4.78 is 18.8. The van der Waals surface area contributed by atoms with Crippen LogP contribution in [-0.2, 0) is 16.7 Å². The fraction of sp³-hybridized carbons (Fsp3) is 0.520. The molecular formula is C25H29NO6. The molecule has 2 fully saturated rings. The van der Waals surface area contributed by atoms with E-state index in [0.717, 1.165) is 42.5 Å². The first-order chi connectivity index (χ1) is 15.4. The van der Waals surface area contributed by atoms with Crippen molar-refractivity contribution >= 4 is 5.97 Å². The topological polar surface area (TPSA) is 87.0 Å². The number of benzene rings is 1. The number of ether oxygens (including phenoxy) is 3. The van der Waals surface area contributed by atoms with Crippen molar-refractivity contribution in [3.63, 3.8) is 0 Å². The van der Waals surface area contributed by atoms with Gasteiger partial charge in [-0.05, 0) is 55.2 Å². The molecule has 0 unspecified atom stereocenters. The van der Waals surface area contributed by atoms with E-state index in [2.05, 4.69) is 4.57 Å². The highest BCUT2D eigenvalue weighted by Gasteiger charge is 2.59. The summed E-state index contributed by atoms with van der Waals surface area (Å²) in [6.07, 6.45) is 8.90. The predicted molar refractivity (Wildman–Crippen MR) is 119 cm³/mol. The van der Waals surface area contributed by atoms with E-state index in [1.165, 1.54) is 25.3 Å². The first kappa shape index (κ1) is 21.1. The van der Waals surface area contributed by atoms with Crippen molar-refractivity contribution in [2.45, 2.75) is 50.5 Å². The van der Waals surface area contributed by atoms with Crippen molar-refractivity contribution in [2.75, 3.05) is 27.4 Å². The number of hydrogen-bond acceptors (Lipinski definition) is 5. The SMILES string of the molecule is COCCCOc1cc2c(cc1OC)-c1cc(=O)c(C(=O)O)cn1C1(C2)CC2(CCC2)C1. The number of aromatic carboxylic acids is 1. The number of rotatable bonds is 7. The van der Waals surface area contributed by atoms with Gasteiger partial charge in [-0.15, -0.1) is 0 Å². The number of carboxylic acids is 1. The monoisotopic (exact) mass is 439 g/mol. The van der Waals surface area contributed by atoms with Crippen LogP contribution in [0.2, 0.25) is 0 Å². The van der Waals surface area contributed by atoms with Crippen molar-refractivity contribution in [3.05, 3.63) is 45.7 Å². The Morgan fingerprint density at radius 2 is 1.91 bits per heavy atom. The van der Waals surface area contributed by atoms with Gasteiger partial charge in [-0.25, -0.2) is 4.79 Å². The largest absolute Gasteiger partial charge is 0.493 e. The van der Waals surface area contributed by atoms with Crippen LogP contribution in [0.25, 0.3) is 11.3 Å². The lowest BCUT2D eigenvalue weighted by molar-refractivity contribution is -0.0868. The molecule has 1 aromatic heterocycles. The maximum absolute atomic E-state index is 12.6. The summed E-state index contributed by atoms with van der Waals surface area (Å²) in [4.78, 5) is 24.3. The van der Waals surface area contributed by atoms with Gasteiger partial charge in [0.1, 0.15) is 5.56 Å². The minimum Gasteiger partial charge on any atom is -0.493 e. The lowest BCUT2D eigenvalue weighted by Gasteiger charge is -2.63. The van der Waals surface area contributed by atoms with Gasteiger partial charge in [0.2, 0.25) is 0 Å². The molecule has 5 rings (SSSR count). The second-order valence-corrected chi connectivity index (χ2v) is 9.58. The van der Waals surface area contributed by atoms with Crippen LogP contribution in [0.15, 0.2) is 29.2 Å². The van der Waals surface area contributed by atoms with Crippen LogP contribution in [0.3, 0.4) is 0 Å². The number of carbonyl (C=O) groups is 1. The van der Waals surface area contributed by atoms with E-state index in [0.29, 0.717) is 30.1 Å². The lowest BCUT2D eigenvalue weighted by atomic mass is 9.46. The van der Waals surface area contributed by atoms with Crippen molar-refractivity contribution in [3.8, 4) is 22.8 Å². The van der Waals surface area contributed by atoms with Crippen molar-refractivity contribution in [1.29, 1.82) is 0 Å². The van der Waals surface area contributed by atoms with E-state index in [1.54, 1.807) is 20.4 Å². The summed E-state index contributed by atoms with van der Waals surface area (Å²) in [5, 5.41) is 9.56. The molecule has 2 aliphatic carbocycles. The summed E-state index contributed by atoms with van der Waals surface area (Å²) in [7, 11) is 3.27. The van der Waals surface area contributed by atoms with E-state index >= 15 is 0 Å². The minimum absolute atomic E-state index is 0.170. The second kappa shape index (κ2) is 7.66. The Morgan fingerprint density at radius 3 is 2.53 bits per heavy atom. The first-order valence-corrected chi connectivity index (χ1v) is 11.2. The van der Waals surface area contributed by atoms with Gasteiger partial charge in [0.15, 0.2) is 16.9 Å². The second-order valence-electron chi connectivity index (χ2n) is 9.58. The van der Waals surface area contributed by atoms with Gasteiger partial charge in [0.05, 0.1) is 19.4 Å². The minimum atomic E-state index is -1.18. The number of methoxy groups -OCH3 is 2. The smallest absolute Gasteiger partial charge is 0.341 e. The van der Waals surface area contributed by atoms with Gasteiger partial charge in [-0.2, -0.15) is 0 Å². The van der Waals surface area contributed by atoms with Crippen LogP contribution in [0.4, 0.5) is 0 Å². The molecule has 2 aromatic rings. The number of nitrogens with zero attached hydrogens (tertiary/aromatic N) is 1. The molecule has 0 saturated heterocycles. The Balaban J connectivity index is 1.59. The van der Waals surface area contributed by atoms with Crippen LogP contribution in [0.1, 0.15) is 54.4 Å². The molecule has 1 N–H and O–H groups in total. The Bertz CT molecular complexity index is 1120. The van der Waals surface area contributed by atoms with Crippen LogP contribution in [0, 0.1) is 5.41 Å². The van der Waals surface area contributed by atoms with Crippen LogP contribution >= 0.6 is 0 Å². The number of carboxylic acid groups (broad SMARTS) is 1. The molecular weight excluding hydrogens is 410 g/mol. The molecule has 7 heteroatoms. The molecule has 2 heterocycles. The van der Waals surface area contributed by atoms with Crippen molar-refractivity contribution in [1.82, 2.24) is 4.57 Å². The van der Waals surface area contributed by atoms with E-state index in [-0.39, 0.29) is 11.1 Å². The summed E-state index contributed by atoms with van der Waals surface area (Å²) in [5.41, 5.74) is 2.33. The average Bonchev–Trinajstić information content (AvgIpc) is 2.72. The average molecular weight is 440 g/mol. The van der Waals surface area contributed by atoms with Gasteiger partial charge in [-0.1, -0.05) is 6.42 Å². The molecule has 2 spiro atoms. The summed E-state index contributed by atoms with van der Waals surface area (Å²) in [5.74, 6) is 0.108. The van der Waals surface area contributed by atoms with Crippen LogP contribution in [-0.4, -0.2) is 43.1 Å². The Hall–Kier alpha value is -2.80. The Labute approximate surface area is 186 Å². The standard InChI is InChI=1S/C25H29NO6/c1-30-7-4-8-32-22-9-16-12-25(14-24(15-25)5-3-6-24)26-13-18(23(28)29)20(27)11-19(26)17(16)10-21(22)31-2/h9-11,13H,3-8,12,14-15H2,1-2H3,(H,28,29). The molecule has 170 valence electrons. The summed E-state index contributed by atoms with van der Waals surface area (Å²) in [6.45, 7) is 1.15. The third-order valence-corrected chi connectivity index (χ3v) is 7.55. The zero-order valence-corrected chi connectivity index (χ0v) is 18.6. The predicted octanol–water partition coefficient (Wildman–Crippen LogP) is 3.85. The normalized spacial score (nSPS) is 18.9. The molecule has 0 bridgehead atoms. The summed E-state index contributed by atoms with van der Waals surface area (Å²) >= 11 is 0. The lowest BCUT2D eigenvalue weighted by Crippen LogP contribution is -2.58. The van der Waals surface area contributed by atoms with E-state index in [1.807, 2.05) is 12.1 Å². The van der Waals surface area contributed by atoms with Gasteiger partial charge >= 0.3 is 5.97 Å². The number of fused-ring (bicyclic) bond motifs is 4. The van der Waals surface area contributed by atoms with Gasteiger partial charge in [-0.3, -0.25) is 4.79 Å². The zero-order valence-electron chi connectivity index (χ0n) is 18.6. The quantitative estimate of drug-likeness (QED) is 0.660. The molecule has 1 aromatic carbocycles. The molecule has 1 aliphatic heterocycles. The fourth-order valence-corrected chi connectivity index (χ4v) is 6.05. The fourth-order valence-electron chi connectivity index (χ4n) is 6.05. The highest BCUT2D eigenvalue weighted by molar-refractivity contribution is 5.88. The van der Waals surface area contributed by atoms with E-state index < -0.39 is 11.4 Å². The maximum atomic E-state index is 12.6. The molecule has 0 amide bonds. The van der Waals surface area contributed by atoms with Gasteiger partial charge in [0, 0.05) is 43.5 Å². The number of pyridine rings is 1. The first-order valence-electron chi connectivity index (χ1n) is 11.2. The molecule has 2 saturated carbocycles. The maximum Gasteiger partial charge on any atom is 0.341 e. The highest BCUT2D eigenvalue weighted by Crippen LogP contribution is 2.66. The molecule has 0 radical (unpaired) electrons. The molecule has 7 nitrogen and oxygen atoms in total. The Kier molecular flexibility index (Phi) is 5.04. The van der Waals surface area contributed by atoms with Gasteiger partial charge in [0.25, 0.3) is 0 Å². The van der Waals surface area contributed by atoms with Crippen LogP contribution in [0.5, 0.6) is 11.5 Å². The van der Waals surface area contributed by atoms with Crippen LogP contribution < -0.4 is 14.9 Å². The third kappa shape index (κ3) is 3.22. The molecule has 0 atom stereocenters. The summed E-state index contributed by atoms with van der Waals surface area (Å²) in [6, 6.07) is 5.43. The Morgan fingerprint density at radius 1 is 1.12 bits per heavy atom. The van der Waals surface area contributed by atoms with Gasteiger partial charge < -0.3 is 23.9 Å². The number of aromatic nitrogens is 1.